The topological polar surface area (TPSA) is 88.7 Å². The van der Waals surface area contributed by atoms with Crippen molar-refractivity contribution < 1.29 is 19.1 Å². The lowest BCUT2D eigenvalue weighted by Crippen LogP contribution is -2.73. The molecular formula is C23H27N3O4. The first-order valence-electron chi connectivity index (χ1n) is 10.1. The Kier molecular flexibility index (Phi) is 5.63. The third-order valence-electron chi connectivity index (χ3n) is 6.16. The summed E-state index contributed by atoms with van der Waals surface area (Å²) in [6.07, 6.45) is 1.59. The van der Waals surface area contributed by atoms with Crippen molar-refractivity contribution >= 4 is 11.8 Å². The van der Waals surface area contributed by atoms with Crippen LogP contribution in [0.3, 0.4) is 0 Å². The molecule has 0 bridgehead atoms. The van der Waals surface area contributed by atoms with Crippen LogP contribution in [-0.2, 0) is 6.54 Å². The van der Waals surface area contributed by atoms with Gasteiger partial charge >= 0.3 is 6.03 Å². The second kappa shape index (κ2) is 8.36. The Bertz CT molecular complexity index is 922. The van der Waals surface area contributed by atoms with Crippen molar-refractivity contribution in [2.75, 3.05) is 20.8 Å². The molecule has 1 saturated heterocycles. The van der Waals surface area contributed by atoms with E-state index in [1.807, 2.05) is 36.4 Å². The molecule has 1 heterocycles. The molecule has 0 aromatic heterocycles. The van der Waals surface area contributed by atoms with Crippen LogP contribution < -0.4 is 25.4 Å². The number of amides is 2. The van der Waals surface area contributed by atoms with Crippen LogP contribution in [-0.4, -0.2) is 44.7 Å². The van der Waals surface area contributed by atoms with E-state index in [-0.39, 0.29) is 29.3 Å². The predicted molar refractivity (Wildman–Crippen MR) is 113 cm³/mol. The Morgan fingerprint density at radius 1 is 1.07 bits per heavy atom. The van der Waals surface area contributed by atoms with Gasteiger partial charge in [-0.25, -0.2) is 4.79 Å². The lowest BCUT2D eigenvalue weighted by atomic mass is 9.55. The Labute approximate surface area is 176 Å². The van der Waals surface area contributed by atoms with E-state index in [4.69, 9.17) is 9.47 Å². The predicted octanol–water partition coefficient (Wildman–Crippen LogP) is 2.51. The normalized spacial score (nSPS) is 24.3. The average Bonchev–Trinajstić information content (AvgIpc) is 2.73. The summed E-state index contributed by atoms with van der Waals surface area (Å²) in [7, 11) is 3.20. The summed E-state index contributed by atoms with van der Waals surface area (Å²) in [5, 5.41) is 9.17. The number of hydrogen-bond acceptors (Lipinski definition) is 5. The fraction of sp³-hybridized carbons (Fsp3) is 0.391. The molecule has 0 radical (unpaired) electrons. The molecule has 2 aromatic rings. The van der Waals surface area contributed by atoms with E-state index in [9.17, 15) is 9.59 Å². The molecular weight excluding hydrogens is 382 g/mol. The number of para-hydroxylation sites is 1. The van der Waals surface area contributed by atoms with Crippen molar-refractivity contribution in [1.29, 1.82) is 0 Å². The molecule has 2 amide bonds. The van der Waals surface area contributed by atoms with Crippen molar-refractivity contribution in [2.45, 2.75) is 31.5 Å². The summed E-state index contributed by atoms with van der Waals surface area (Å²) >= 11 is 0. The van der Waals surface area contributed by atoms with Crippen LogP contribution in [0.15, 0.2) is 48.5 Å². The van der Waals surface area contributed by atoms with E-state index in [0.29, 0.717) is 17.9 Å². The van der Waals surface area contributed by atoms with Gasteiger partial charge in [0.05, 0.1) is 25.8 Å². The number of carbonyl (C=O) groups is 2. The summed E-state index contributed by atoms with van der Waals surface area (Å²) in [5.41, 5.74) is 1.53. The summed E-state index contributed by atoms with van der Waals surface area (Å²) in [5.74, 6) is 1.44. The minimum Gasteiger partial charge on any atom is -0.497 e. The van der Waals surface area contributed by atoms with Crippen molar-refractivity contribution in [3.63, 3.8) is 0 Å². The molecule has 1 atom stereocenters. The second-order valence-electron chi connectivity index (χ2n) is 8.02. The molecule has 3 N–H and O–H groups in total. The Hall–Kier alpha value is -3.06. The third kappa shape index (κ3) is 3.85. The summed E-state index contributed by atoms with van der Waals surface area (Å²) in [4.78, 5) is 25.2. The quantitative estimate of drug-likeness (QED) is 0.612. The van der Waals surface area contributed by atoms with Crippen LogP contribution in [0.1, 0.15) is 28.8 Å². The van der Waals surface area contributed by atoms with E-state index < -0.39 is 0 Å². The summed E-state index contributed by atoms with van der Waals surface area (Å²) in [6, 6.07) is 14.5. The zero-order chi connectivity index (χ0) is 21.1. The summed E-state index contributed by atoms with van der Waals surface area (Å²) in [6.45, 7) is 1.24. The standard InChI is InChI=1S/C23H27N3O4/c1-29-17-9-7-15(8-10-17)13-24-22(28)26-16-11-23(12-16)14-25-21(23)20(27)18-5-3-4-6-19(18)30-2/h3-10,16,21,25H,11-14H2,1-2H3,(H2,24,26,28). The van der Waals surface area contributed by atoms with Crippen molar-refractivity contribution in [1.82, 2.24) is 16.0 Å². The maximum absolute atomic E-state index is 13.0. The molecule has 4 rings (SSSR count). The maximum atomic E-state index is 13.0. The first-order valence-corrected chi connectivity index (χ1v) is 10.1. The van der Waals surface area contributed by atoms with E-state index in [0.717, 1.165) is 30.7 Å². The molecule has 1 spiro atoms. The highest BCUT2D eigenvalue weighted by Gasteiger charge is 2.58. The molecule has 1 aliphatic heterocycles. The van der Waals surface area contributed by atoms with Gasteiger partial charge in [0, 0.05) is 24.5 Å². The second-order valence-corrected chi connectivity index (χ2v) is 8.02. The van der Waals surface area contributed by atoms with Gasteiger partial charge in [0.2, 0.25) is 0 Å². The van der Waals surface area contributed by atoms with Gasteiger partial charge in [-0.3, -0.25) is 4.79 Å². The zero-order valence-electron chi connectivity index (χ0n) is 17.2. The van der Waals surface area contributed by atoms with Crippen molar-refractivity contribution in [2.24, 2.45) is 5.41 Å². The number of methoxy groups -OCH3 is 2. The molecule has 2 aliphatic rings. The van der Waals surface area contributed by atoms with Gasteiger partial charge in [0.1, 0.15) is 11.5 Å². The van der Waals surface area contributed by atoms with Crippen LogP contribution in [0.5, 0.6) is 11.5 Å². The zero-order valence-corrected chi connectivity index (χ0v) is 17.2. The van der Waals surface area contributed by atoms with E-state index in [1.165, 1.54) is 0 Å². The minimum atomic E-state index is -0.228. The molecule has 2 fully saturated rings. The molecule has 7 heteroatoms. The molecule has 1 unspecified atom stereocenters. The van der Waals surface area contributed by atoms with Crippen molar-refractivity contribution in [3.8, 4) is 11.5 Å². The molecule has 30 heavy (non-hydrogen) atoms. The van der Waals surface area contributed by atoms with Gasteiger partial charge in [-0.05, 0) is 42.7 Å². The van der Waals surface area contributed by atoms with Gasteiger partial charge in [0.25, 0.3) is 0 Å². The van der Waals surface area contributed by atoms with Crippen LogP contribution in [0, 0.1) is 5.41 Å². The number of carbonyl (C=O) groups excluding carboxylic acids is 2. The van der Waals surface area contributed by atoms with Gasteiger partial charge in [-0.1, -0.05) is 24.3 Å². The van der Waals surface area contributed by atoms with Gasteiger partial charge in [-0.15, -0.1) is 0 Å². The van der Waals surface area contributed by atoms with E-state index >= 15 is 0 Å². The lowest BCUT2D eigenvalue weighted by molar-refractivity contribution is -0.0174. The smallest absolute Gasteiger partial charge is 0.315 e. The van der Waals surface area contributed by atoms with Crippen LogP contribution in [0.25, 0.3) is 0 Å². The van der Waals surface area contributed by atoms with E-state index in [1.54, 1.807) is 26.4 Å². The van der Waals surface area contributed by atoms with Crippen LogP contribution in [0.2, 0.25) is 0 Å². The fourth-order valence-corrected chi connectivity index (χ4v) is 4.43. The number of urea groups is 1. The first kappa shape index (κ1) is 20.2. The summed E-state index contributed by atoms with van der Waals surface area (Å²) < 4.78 is 10.5. The fourth-order valence-electron chi connectivity index (χ4n) is 4.43. The molecule has 7 nitrogen and oxygen atoms in total. The highest BCUT2D eigenvalue weighted by atomic mass is 16.5. The molecule has 1 aliphatic carbocycles. The highest BCUT2D eigenvalue weighted by molar-refractivity contribution is 6.03. The number of hydrogen-bond donors (Lipinski definition) is 3. The minimum absolute atomic E-state index is 0.0566. The number of Topliss-reactive ketones (excluding diaryl/α,β-unsaturated/α-hetero) is 1. The molecule has 1 saturated carbocycles. The van der Waals surface area contributed by atoms with Gasteiger partial charge in [0.15, 0.2) is 5.78 Å². The SMILES string of the molecule is COc1ccc(CNC(=O)NC2CC3(CNC3C(=O)c3ccccc3OC)C2)cc1. The monoisotopic (exact) mass is 409 g/mol. The Balaban J connectivity index is 1.26. The Morgan fingerprint density at radius 2 is 1.80 bits per heavy atom. The highest BCUT2D eigenvalue weighted by Crippen LogP contribution is 2.49. The Morgan fingerprint density at radius 3 is 2.43 bits per heavy atom. The largest absolute Gasteiger partial charge is 0.497 e. The number of benzene rings is 2. The average molecular weight is 409 g/mol. The first-order chi connectivity index (χ1) is 14.5. The number of ether oxygens (including phenoxy) is 2. The maximum Gasteiger partial charge on any atom is 0.315 e. The molecule has 2 aromatic carbocycles. The van der Waals surface area contributed by atoms with Gasteiger partial charge in [-0.2, -0.15) is 0 Å². The third-order valence-corrected chi connectivity index (χ3v) is 6.16. The molecule has 158 valence electrons. The van der Waals surface area contributed by atoms with E-state index in [2.05, 4.69) is 16.0 Å². The number of rotatable bonds is 7. The lowest BCUT2D eigenvalue weighted by Gasteiger charge is -2.59. The van der Waals surface area contributed by atoms with Gasteiger partial charge < -0.3 is 25.4 Å². The number of ketones is 1. The van der Waals surface area contributed by atoms with Crippen LogP contribution in [0.4, 0.5) is 4.79 Å². The number of nitrogens with one attached hydrogen (secondary N) is 3. The van der Waals surface area contributed by atoms with Crippen molar-refractivity contribution in [3.05, 3.63) is 59.7 Å². The van der Waals surface area contributed by atoms with Crippen LogP contribution >= 0.6 is 0 Å².